The minimum atomic E-state index is -0.272. The maximum atomic E-state index is 12.6. The number of likely N-dealkylation sites (tertiary alicyclic amines) is 1. The predicted octanol–water partition coefficient (Wildman–Crippen LogP) is 3.25. The molecule has 1 saturated heterocycles. The molecular formula is C21H27N3O3. The molecule has 1 atom stereocenters. The lowest BCUT2D eigenvalue weighted by molar-refractivity contribution is -0.148. The summed E-state index contributed by atoms with van der Waals surface area (Å²) in [6.45, 7) is 4.52. The van der Waals surface area contributed by atoms with Gasteiger partial charge in [0, 0.05) is 24.9 Å². The van der Waals surface area contributed by atoms with E-state index in [1.807, 2.05) is 47.6 Å². The van der Waals surface area contributed by atoms with Gasteiger partial charge in [-0.2, -0.15) is 0 Å². The molecule has 1 unspecified atom stereocenters. The summed E-state index contributed by atoms with van der Waals surface area (Å²) in [5, 5.41) is 0. The Morgan fingerprint density at radius 3 is 2.74 bits per heavy atom. The first-order chi connectivity index (χ1) is 13.0. The van der Waals surface area contributed by atoms with E-state index in [0.717, 1.165) is 29.7 Å². The van der Waals surface area contributed by atoms with Gasteiger partial charge >= 0.3 is 5.97 Å². The van der Waals surface area contributed by atoms with E-state index in [4.69, 9.17) is 9.72 Å². The Labute approximate surface area is 159 Å². The molecule has 1 aliphatic heterocycles. The normalized spacial score (nSPS) is 20.9. The van der Waals surface area contributed by atoms with Gasteiger partial charge in [-0.15, -0.1) is 0 Å². The van der Waals surface area contributed by atoms with Crippen molar-refractivity contribution < 1.29 is 14.3 Å². The maximum Gasteiger partial charge on any atom is 0.326 e. The van der Waals surface area contributed by atoms with Crippen LogP contribution >= 0.6 is 0 Å². The fourth-order valence-electron chi connectivity index (χ4n) is 4.47. The highest BCUT2D eigenvalue weighted by molar-refractivity contribution is 5.82. The number of rotatable bonds is 5. The topological polar surface area (TPSA) is 64.4 Å². The van der Waals surface area contributed by atoms with Crippen LogP contribution in [-0.2, 0) is 20.9 Å². The fraction of sp³-hybridized carbons (Fsp3) is 0.571. The van der Waals surface area contributed by atoms with Crippen LogP contribution in [0.2, 0.25) is 0 Å². The molecule has 0 N–H and O–H groups in total. The van der Waals surface area contributed by atoms with E-state index in [1.54, 1.807) is 0 Å². The van der Waals surface area contributed by atoms with Crippen molar-refractivity contribution in [3.63, 3.8) is 0 Å². The number of hydrogen-bond donors (Lipinski definition) is 0. The lowest BCUT2D eigenvalue weighted by Gasteiger charge is -2.24. The van der Waals surface area contributed by atoms with E-state index in [2.05, 4.69) is 0 Å². The van der Waals surface area contributed by atoms with Gasteiger partial charge in [0.15, 0.2) is 0 Å². The molecule has 1 aromatic heterocycles. The summed E-state index contributed by atoms with van der Waals surface area (Å²) in [5.74, 6) is 0.796. The number of para-hydroxylation sites is 2. The Bertz CT molecular complexity index is 851. The zero-order chi connectivity index (χ0) is 19.0. The number of fused-ring (bicyclic) bond motifs is 1. The van der Waals surface area contributed by atoms with Gasteiger partial charge in [-0.05, 0) is 38.8 Å². The van der Waals surface area contributed by atoms with Gasteiger partial charge in [0.2, 0.25) is 5.91 Å². The number of aromatic nitrogens is 2. The van der Waals surface area contributed by atoms with Crippen LogP contribution in [0.25, 0.3) is 11.0 Å². The Balaban J connectivity index is 1.64. The lowest BCUT2D eigenvalue weighted by atomic mass is 10.1. The second-order valence-electron chi connectivity index (χ2n) is 7.97. The van der Waals surface area contributed by atoms with E-state index >= 15 is 0 Å². The Morgan fingerprint density at radius 2 is 2.00 bits per heavy atom. The molecule has 0 bridgehead atoms. The molecule has 1 aliphatic carbocycles. The van der Waals surface area contributed by atoms with Crippen LogP contribution in [0, 0.1) is 0 Å². The second kappa shape index (κ2) is 7.33. The molecule has 2 fully saturated rings. The van der Waals surface area contributed by atoms with E-state index in [-0.39, 0.29) is 30.4 Å². The predicted molar refractivity (Wildman–Crippen MR) is 102 cm³/mol. The van der Waals surface area contributed by atoms with Gasteiger partial charge < -0.3 is 14.2 Å². The number of carbonyl (C=O) groups is 2. The van der Waals surface area contributed by atoms with Crippen molar-refractivity contribution in [1.29, 1.82) is 0 Å². The zero-order valence-electron chi connectivity index (χ0n) is 16.1. The summed E-state index contributed by atoms with van der Waals surface area (Å²) < 4.78 is 7.29. The summed E-state index contributed by atoms with van der Waals surface area (Å²) >= 11 is 0. The van der Waals surface area contributed by atoms with Crippen molar-refractivity contribution in [2.75, 3.05) is 6.54 Å². The molecule has 6 nitrogen and oxygen atoms in total. The van der Waals surface area contributed by atoms with Gasteiger partial charge in [-0.1, -0.05) is 25.0 Å². The molecule has 0 spiro atoms. The third kappa shape index (κ3) is 3.57. The summed E-state index contributed by atoms with van der Waals surface area (Å²) in [6.07, 6.45) is 4.95. The van der Waals surface area contributed by atoms with Crippen molar-refractivity contribution in [2.24, 2.45) is 0 Å². The van der Waals surface area contributed by atoms with Crippen LogP contribution in [0.4, 0.5) is 0 Å². The number of esters is 1. The van der Waals surface area contributed by atoms with Crippen LogP contribution < -0.4 is 0 Å². The number of benzene rings is 1. The fourth-order valence-corrected chi connectivity index (χ4v) is 4.47. The molecule has 144 valence electrons. The summed E-state index contributed by atoms with van der Waals surface area (Å²) in [6, 6.07) is 8.20. The minimum Gasteiger partial charge on any atom is -0.462 e. The molecule has 1 amide bonds. The molecule has 2 heterocycles. The lowest BCUT2D eigenvalue weighted by Crippen LogP contribution is -2.34. The number of imidazole rings is 1. The number of amides is 1. The average Bonchev–Trinajstić information content (AvgIpc) is 3.33. The highest BCUT2D eigenvalue weighted by atomic mass is 16.5. The van der Waals surface area contributed by atoms with E-state index in [1.165, 1.54) is 12.8 Å². The Morgan fingerprint density at radius 1 is 1.26 bits per heavy atom. The highest BCUT2D eigenvalue weighted by Gasteiger charge is 2.38. The third-order valence-corrected chi connectivity index (χ3v) is 5.63. The smallest absolute Gasteiger partial charge is 0.326 e. The monoisotopic (exact) mass is 369 g/mol. The van der Waals surface area contributed by atoms with Crippen LogP contribution in [0.3, 0.4) is 0 Å². The SMILES string of the molecule is CC(C)OC(=O)Cn1c(C2CC(=O)N(C3CCCC3)C2)nc2ccccc21. The van der Waals surface area contributed by atoms with E-state index in [0.29, 0.717) is 19.0 Å². The van der Waals surface area contributed by atoms with E-state index in [9.17, 15) is 9.59 Å². The van der Waals surface area contributed by atoms with Crippen molar-refractivity contribution >= 4 is 22.9 Å². The third-order valence-electron chi connectivity index (χ3n) is 5.63. The van der Waals surface area contributed by atoms with Crippen molar-refractivity contribution in [3.05, 3.63) is 30.1 Å². The van der Waals surface area contributed by atoms with Crippen molar-refractivity contribution in [3.8, 4) is 0 Å². The maximum absolute atomic E-state index is 12.6. The molecule has 1 saturated carbocycles. The van der Waals surface area contributed by atoms with Crippen LogP contribution in [0.5, 0.6) is 0 Å². The largest absolute Gasteiger partial charge is 0.462 e. The van der Waals surface area contributed by atoms with Gasteiger partial charge in [0.25, 0.3) is 0 Å². The standard InChI is InChI=1S/C21H27N3O3/c1-14(2)27-20(26)13-24-18-10-6-5-9-17(18)22-21(24)15-11-19(25)23(12-15)16-7-3-4-8-16/h5-6,9-10,14-16H,3-4,7-8,11-13H2,1-2H3. The van der Waals surface area contributed by atoms with Crippen LogP contribution in [0.1, 0.15) is 57.7 Å². The highest BCUT2D eigenvalue weighted by Crippen LogP contribution is 2.35. The van der Waals surface area contributed by atoms with Crippen LogP contribution in [-0.4, -0.2) is 45.0 Å². The zero-order valence-corrected chi connectivity index (χ0v) is 16.1. The van der Waals surface area contributed by atoms with Gasteiger partial charge in [0.05, 0.1) is 17.1 Å². The van der Waals surface area contributed by atoms with Gasteiger partial charge in [0.1, 0.15) is 12.4 Å². The minimum absolute atomic E-state index is 0.0253. The van der Waals surface area contributed by atoms with Crippen molar-refractivity contribution in [2.45, 2.75) is 70.6 Å². The Hall–Kier alpha value is -2.37. The second-order valence-corrected chi connectivity index (χ2v) is 7.97. The molecule has 27 heavy (non-hydrogen) atoms. The number of nitrogens with zero attached hydrogens (tertiary/aromatic N) is 3. The molecule has 6 heteroatoms. The summed E-state index contributed by atoms with van der Waals surface area (Å²) in [7, 11) is 0. The molecule has 2 aromatic rings. The Kier molecular flexibility index (Phi) is 4.89. The number of ether oxygens (including phenoxy) is 1. The summed E-state index contributed by atoms with van der Waals surface area (Å²) in [4.78, 5) is 31.8. The molecule has 1 aromatic carbocycles. The first kappa shape index (κ1) is 18.0. The van der Waals surface area contributed by atoms with Gasteiger partial charge in [-0.3, -0.25) is 9.59 Å². The summed E-state index contributed by atoms with van der Waals surface area (Å²) in [5.41, 5.74) is 1.77. The van der Waals surface area contributed by atoms with Gasteiger partial charge in [-0.25, -0.2) is 4.98 Å². The van der Waals surface area contributed by atoms with Crippen LogP contribution in [0.15, 0.2) is 24.3 Å². The average molecular weight is 369 g/mol. The molecule has 0 radical (unpaired) electrons. The molecule has 4 rings (SSSR count). The quantitative estimate of drug-likeness (QED) is 0.759. The van der Waals surface area contributed by atoms with E-state index < -0.39 is 0 Å². The number of hydrogen-bond acceptors (Lipinski definition) is 4. The molecule has 2 aliphatic rings. The first-order valence-electron chi connectivity index (χ1n) is 9.97. The number of carbonyl (C=O) groups excluding carboxylic acids is 2. The molecular weight excluding hydrogens is 342 g/mol. The van der Waals surface area contributed by atoms with Crippen molar-refractivity contribution in [1.82, 2.24) is 14.5 Å². The first-order valence-corrected chi connectivity index (χ1v) is 9.97.